The molecule has 0 bridgehead atoms. The van der Waals surface area contributed by atoms with E-state index >= 15 is 0 Å². The minimum Gasteiger partial charge on any atom is -0.384 e. The molecule has 1 aliphatic heterocycles. The third-order valence-corrected chi connectivity index (χ3v) is 4.49. The maximum Gasteiger partial charge on any atom is 0.0949 e. The van der Waals surface area contributed by atoms with E-state index in [0.29, 0.717) is 5.92 Å². The number of fused-ring (bicyclic) bond motifs is 1. The molecule has 1 unspecified atom stereocenters. The monoisotopic (exact) mass is 277 g/mol. The summed E-state index contributed by atoms with van der Waals surface area (Å²) in [6, 6.07) is 4.31. The van der Waals surface area contributed by atoms with Gasteiger partial charge < -0.3 is 9.30 Å². The van der Waals surface area contributed by atoms with Gasteiger partial charge in [-0.3, -0.25) is 4.90 Å². The smallest absolute Gasteiger partial charge is 0.0949 e. The van der Waals surface area contributed by atoms with E-state index in [-0.39, 0.29) is 0 Å². The summed E-state index contributed by atoms with van der Waals surface area (Å²) in [5.74, 6) is 0.418. The van der Waals surface area contributed by atoms with Crippen LogP contribution in [0, 0.1) is 0 Å². The second kappa shape index (κ2) is 5.45. The van der Waals surface area contributed by atoms with Crippen LogP contribution in [0.15, 0.2) is 23.8 Å². The van der Waals surface area contributed by atoms with E-state index in [1.807, 2.05) is 17.7 Å². The van der Waals surface area contributed by atoms with Crippen molar-refractivity contribution in [1.82, 2.24) is 14.5 Å². The molecule has 0 amide bonds. The van der Waals surface area contributed by atoms with Crippen LogP contribution in [-0.2, 0) is 24.9 Å². The van der Waals surface area contributed by atoms with Crippen LogP contribution in [0.3, 0.4) is 0 Å². The Morgan fingerprint density at radius 3 is 3.16 bits per heavy atom. The number of rotatable bonds is 4. The molecule has 0 aliphatic carbocycles. The fourth-order valence-corrected chi connectivity index (χ4v) is 3.63. The second-order valence-electron chi connectivity index (χ2n) is 5.09. The maximum absolute atomic E-state index is 5.38. The van der Waals surface area contributed by atoms with E-state index in [4.69, 9.17) is 4.74 Å². The van der Waals surface area contributed by atoms with Crippen molar-refractivity contribution < 1.29 is 4.74 Å². The third kappa shape index (κ3) is 2.59. The molecule has 2 aromatic rings. The molecule has 0 aromatic carbocycles. The molecular formula is C14H19N3OS. The number of methoxy groups -OCH3 is 1. The average Bonchev–Trinajstić information content (AvgIpc) is 3.00. The van der Waals surface area contributed by atoms with E-state index in [1.165, 1.54) is 16.3 Å². The van der Waals surface area contributed by atoms with E-state index < -0.39 is 0 Å². The fourth-order valence-electron chi connectivity index (χ4n) is 2.88. The zero-order chi connectivity index (χ0) is 13.2. The summed E-state index contributed by atoms with van der Waals surface area (Å²) in [6.45, 7) is 3.74. The van der Waals surface area contributed by atoms with Gasteiger partial charge in [-0.25, -0.2) is 4.98 Å². The van der Waals surface area contributed by atoms with Crippen LogP contribution in [0.25, 0.3) is 0 Å². The third-order valence-electron chi connectivity index (χ3n) is 3.63. The topological polar surface area (TPSA) is 30.3 Å². The van der Waals surface area contributed by atoms with Crippen molar-refractivity contribution in [3.8, 4) is 0 Å². The zero-order valence-corrected chi connectivity index (χ0v) is 12.2. The minimum absolute atomic E-state index is 0.418. The Hall–Kier alpha value is -1.17. The quantitative estimate of drug-likeness (QED) is 0.858. The molecule has 3 rings (SSSR count). The Kier molecular flexibility index (Phi) is 3.68. The number of aryl methyl sites for hydroxylation is 1. The molecular weight excluding hydrogens is 258 g/mol. The van der Waals surface area contributed by atoms with Crippen LogP contribution in [-0.4, -0.2) is 34.7 Å². The highest BCUT2D eigenvalue weighted by Crippen LogP contribution is 2.28. The van der Waals surface area contributed by atoms with Crippen molar-refractivity contribution in [3.63, 3.8) is 0 Å². The molecule has 4 nitrogen and oxygen atoms in total. The van der Waals surface area contributed by atoms with Crippen molar-refractivity contribution in [3.05, 3.63) is 40.1 Å². The summed E-state index contributed by atoms with van der Waals surface area (Å²) in [4.78, 5) is 8.41. The number of nitrogens with zero attached hydrogens (tertiary/aromatic N) is 3. The molecule has 19 heavy (non-hydrogen) atoms. The summed E-state index contributed by atoms with van der Waals surface area (Å²) < 4.78 is 7.52. The molecule has 0 radical (unpaired) electrons. The minimum atomic E-state index is 0.418. The molecule has 0 saturated heterocycles. The predicted molar refractivity (Wildman–Crippen MR) is 76.3 cm³/mol. The first-order valence-corrected chi connectivity index (χ1v) is 7.39. The van der Waals surface area contributed by atoms with Gasteiger partial charge in [-0.15, -0.1) is 11.3 Å². The summed E-state index contributed by atoms with van der Waals surface area (Å²) in [7, 11) is 3.84. The number of imidazole rings is 1. The Morgan fingerprint density at radius 2 is 2.42 bits per heavy atom. The first kappa shape index (κ1) is 12.8. The normalized spacial score (nSPS) is 19.6. The molecule has 2 aromatic heterocycles. The van der Waals surface area contributed by atoms with Gasteiger partial charge in [-0.1, -0.05) is 6.07 Å². The molecule has 0 N–H and O–H groups in total. The lowest BCUT2D eigenvalue weighted by atomic mass is 9.99. The average molecular weight is 277 g/mol. The maximum atomic E-state index is 5.38. The number of hydrogen-bond acceptors (Lipinski definition) is 4. The number of aromatic nitrogens is 2. The lowest BCUT2D eigenvalue weighted by Gasteiger charge is -2.32. The first-order valence-electron chi connectivity index (χ1n) is 6.51. The van der Waals surface area contributed by atoms with Gasteiger partial charge in [0.1, 0.15) is 0 Å². The summed E-state index contributed by atoms with van der Waals surface area (Å²) in [5, 5.41) is 2.14. The Morgan fingerprint density at radius 1 is 1.53 bits per heavy atom. The van der Waals surface area contributed by atoms with E-state index in [2.05, 4.69) is 39.0 Å². The van der Waals surface area contributed by atoms with Crippen molar-refractivity contribution in [1.29, 1.82) is 0 Å². The summed E-state index contributed by atoms with van der Waals surface area (Å²) in [6.07, 6.45) is 1.92. The van der Waals surface area contributed by atoms with E-state index in [0.717, 1.165) is 26.2 Å². The largest absolute Gasteiger partial charge is 0.384 e. The summed E-state index contributed by atoms with van der Waals surface area (Å²) in [5.41, 5.74) is 2.54. The van der Waals surface area contributed by atoms with Crippen LogP contribution in [0.5, 0.6) is 0 Å². The molecule has 0 spiro atoms. The first-order chi connectivity index (χ1) is 9.28. The highest BCUT2D eigenvalue weighted by molar-refractivity contribution is 7.09. The number of ether oxygens (including phenoxy) is 1. The van der Waals surface area contributed by atoms with Crippen molar-refractivity contribution in [2.75, 3.05) is 20.3 Å². The molecule has 5 heteroatoms. The van der Waals surface area contributed by atoms with Gasteiger partial charge in [-0.05, 0) is 11.4 Å². The van der Waals surface area contributed by atoms with Crippen LogP contribution < -0.4 is 0 Å². The Balaban J connectivity index is 1.80. The van der Waals surface area contributed by atoms with Crippen molar-refractivity contribution in [2.45, 2.75) is 19.0 Å². The van der Waals surface area contributed by atoms with Crippen molar-refractivity contribution in [2.24, 2.45) is 7.05 Å². The highest BCUT2D eigenvalue weighted by atomic mass is 32.1. The second-order valence-corrected chi connectivity index (χ2v) is 6.12. The van der Waals surface area contributed by atoms with Gasteiger partial charge in [0.05, 0.1) is 18.6 Å². The predicted octanol–water partition coefficient (Wildman–Crippen LogP) is 2.23. The molecule has 0 saturated carbocycles. The standard InChI is InChI=1S/C14H19N3OS/c1-16-10-15-13-8-17(7-12-4-3-5-19-12)6-11(9-18-2)14(13)16/h3-5,10-11H,6-9H2,1-2H3. The zero-order valence-electron chi connectivity index (χ0n) is 11.4. The summed E-state index contributed by atoms with van der Waals surface area (Å²) >= 11 is 1.82. The van der Waals surface area contributed by atoms with Crippen LogP contribution in [0.4, 0.5) is 0 Å². The van der Waals surface area contributed by atoms with Gasteiger partial charge in [0.25, 0.3) is 0 Å². The van der Waals surface area contributed by atoms with Gasteiger partial charge in [0, 0.05) is 50.3 Å². The van der Waals surface area contributed by atoms with Crippen molar-refractivity contribution >= 4 is 11.3 Å². The SMILES string of the molecule is COCC1CN(Cc2cccs2)Cc2ncn(C)c21. The van der Waals surface area contributed by atoms with Crippen LogP contribution in [0.2, 0.25) is 0 Å². The molecule has 1 aliphatic rings. The molecule has 102 valence electrons. The fraction of sp³-hybridized carbons (Fsp3) is 0.500. The molecule has 1 atom stereocenters. The van der Waals surface area contributed by atoms with Crippen LogP contribution >= 0.6 is 11.3 Å². The number of thiophene rings is 1. The molecule has 0 fully saturated rings. The molecule has 3 heterocycles. The van der Waals surface area contributed by atoms with Gasteiger partial charge in [-0.2, -0.15) is 0 Å². The van der Waals surface area contributed by atoms with Crippen LogP contribution in [0.1, 0.15) is 22.2 Å². The van der Waals surface area contributed by atoms with E-state index in [9.17, 15) is 0 Å². The number of hydrogen-bond donors (Lipinski definition) is 0. The van der Waals surface area contributed by atoms with Gasteiger partial charge in [0.15, 0.2) is 0 Å². The van der Waals surface area contributed by atoms with Gasteiger partial charge >= 0.3 is 0 Å². The Bertz CT molecular complexity index is 535. The Labute approximate surface area is 117 Å². The lowest BCUT2D eigenvalue weighted by molar-refractivity contribution is 0.132. The highest BCUT2D eigenvalue weighted by Gasteiger charge is 2.28. The lowest BCUT2D eigenvalue weighted by Crippen LogP contribution is -2.35. The van der Waals surface area contributed by atoms with E-state index in [1.54, 1.807) is 7.11 Å². The van der Waals surface area contributed by atoms with Gasteiger partial charge in [0.2, 0.25) is 0 Å².